The van der Waals surface area contributed by atoms with Crippen molar-refractivity contribution in [1.29, 1.82) is 0 Å². The summed E-state index contributed by atoms with van der Waals surface area (Å²) in [7, 11) is 0. The Morgan fingerprint density at radius 3 is 2.78 bits per heavy atom. The number of nitrogens with zero attached hydrogens (tertiary/aromatic N) is 1. The van der Waals surface area contributed by atoms with Crippen LogP contribution in [0.25, 0.3) is 0 Å². The smallest absolute Gasteiger partial charge is 0.233 e. The average Bonchev–Trinajstić information content (AvgIpc) is 2.73. The fourth-order valence-corrected chi connectivity index (χ4v) is 4.27. The highest BCUT2D eigenvalue weighted by Gasteiger charge is 2.24. The van der Waals surface area contributed by atoms with Gasteiger partial charge in [-0.15, -0.1) is 11.8 Å². The van der Waals surface area contributed by atoms with Gasteiger partial charge in [-0.05, 0) is 37.1 Å². The molecule has 1 N–H and O–H groups in total. The van der Waals surface area contributed by atoms with Crippen LogP contribution in [-0.2, 0) is 4.79 Å². The van der Waals surface area contributed by atoms with Crippen molar-refractivity contribution < 1.29 is 14.3 Å². The van der Waals surface area contributed by atoms with Crippen molar-refractivity contribution in [2.75, 3.05) is 37.4 Å². The molecule has 0 aliphatic carbocycles. The van der Waals surface area contributed by atoms with Crippen molar-refractivity contribution in [3.63, 3.8) is 0 Å². The van der Waals surface area contributed by atoms with Gasteiger partial charge in [0.1, 0.15) is 13.2 Å². The highest BCUT2D eigenvalue weighted by molar-refractivity contribution is 8.00. The molecule has 0 saturated carbocycles. The van der Waals surface area contributed by atoms with Crippen molar-refractivity contribution in [2.24, 2.45) is 0 Å². The molecule has 4 rings (SSSR count). The molecule has 1 saturated heterocycles. The van der Waals surface area contributed by atoms with Gasteiger partial charge in [-0.25, -0.2) is 0 Å². The third-order valence-corrected chi connectivity index (χ3v) is 5.79. The molecule has 1 fully saturated rings. The fourth-order valence-electron chi connectivity index (χ4n) is 3.44. The molecule has 0 radical (unpaired) electrons. The normalized spacial score (nSPS) is 18.8. The van der Waals surface area contributed by atoms with Gasteiger partial charge < -0.3 is 19.7 Å². The van der Waals surface area contributed by atoms with Gasteiger partial charge in [0.25, 0.3) is 0 Å². The van der Waals surface area contributed by atoms with Crippen molar-refractivity contribution >= 4 is 23.4 Å². The zero-order chi connectivity index (χ0) is 18.5. The lowest BCUT2D eigenvalue weighted by Gasteiger charge is -2.34. The van der Waals surface area contributed by atoms with Crippen LogP contribution in [-0.4, -0.2) is 48.9 Å². The minimum Gasteiger partial charge on any atom is -0.486 e. The molecule has 1 amide bonds. The van der Waals surface area contributed by atoms with E-state index in [9.17, 15) is 4.79 Å². The molecule has 0 aromatic heterocycles. The minimum atomic E-state index is 0.206. The number of nitrogens with one attached hydrogen (secondary N) is 1. The van der Waals surface area contributed by atoms with Crippen molar-refractivity contribution in [1.82, 2.24) is 4.90 Å². The summed E-state index contributed by atoms with van der Waals surface area (Å²) in [5.41, 5.74) is 1.01. The van der Waals surface area contributed by atoms with E-state index < -0.39 is 0 Å². The molecule has 5 nitrogen and oxygen atoms in total. The zero-order valence-electron chi connectivity index (χ0n) is 15.2. The number of piperidine rings is 1. The molecule has 2 aromatic rings. The zero-order valence-corrected chi connectivity index (χ0v) is 16.0. The summed E-state index contributed by atoms with van der Waals surface area (Å²) in [6.07, 6.45) is 2.08. The number of fused-ring (bicyclic) bond motifs is 1. The van der Waals surface area contributed by atoms with E-state index in [1.165, 1.54) is 0 Å². The maximum absolute atomic E-state index is 12.6. The SMILES string of the molecule is O=C(CSc1ccccc1)N1CCCC(Nc2ccc3c(c2)OCCO3)C1. The Kier molecular flexibility index (Phi) is 5.72. The predicted octanol–water partition coefficient (Wildman–Crippen LogP) is 3.65. The molecule has 1 unspecified atom stereocenters. The van der Waals surface area contributed by atoms with Gasteiger partial charge in [-0.1, -0.05) is 18.2 Å². The predicted molar refractivity (Wildman–Crippen MR) is 108 cm³/mol. The summed E-state index contributed by atoms with van der Waals surface area (Å²) < 4.78 is 11.2. The monoisotopic (exact) mass is 384 g/mol. The molecular weight excluding hydrogens is 360 g/mol. The molecule has 2 aliphatic heterocycles. The van der Waals surface area contributed by atoms with E-state index in [4.69, 9.17) is 9.47 Å². The molecule has 0 bridgehead atoms. The molecule has 0 spiro atoms. The lowest BCUT2D eigenvalue weighted by Crippen LogP contribution is -2.45. The number of likely N-dealkylation sites (tertiary alicyclic amines) is 1. The Hall–Kier alpha value is -2.34. The number of carbonyl (C=O) groups excluding carboxylic acids is 1. The lowest BCUT2D eigenvalue weighted by atomic mass is 10.1. The quantitative estimate of drug-likeness (QED) is 0.798. The number of hydrogen-bond acceptors (Lipinski definition) is 5. The summed E-state index contributed by atoms with van der Waals surface area (Å²) in [5.74, 6) is 2.28. The number of hydrogen-bond donors (Lipinski definition) is 1. The van der Waals surface area contributed by atoms with Gasteiger partial charge in [0.2, 0.25) is 5.91 Å². The van der Waals surface area contributed by atoms with E-state index in [-0.39, 0.29) is 11.9 Å². The summed E-state index contributed by atoms with van der Waals surface area (Å²) in [4.78, 5) is 15.7. The largest absolute Gasteiger partial charge is 0.486 e. The Balaban J connectivity index is 1.32. The number of benzene rings is 2. The van der Waals surface area contributed by atoms with Crippen molar-refractivity contribution in [2.45, 2.75) is 23.8 Å². The summed E-state index contributed by atoms with van der Waals surface area (Å²) in [5, 5.41) is 3.55. The number of thioether (sulfide) groups is 1. The van der Waals surface area contributed by atoms with Gasteiger partial charge in [-0.3, -0.25) is 4.79 Å². The van der Waals surface area contributed by atoms with Gasteiger partial charge in [0.15, 0.2) is 11.5 Å². The maximum atomic E-state index is 12.6. The topological polar surface area (TPSA) is 50.8 Å². The third-order valence-electron chi connectivity index (χ3n) is 4.79. The van der Waals surface area contributed by atoms with E-state index in [0.29, 0.717) is 19.0 Å². The summed E-state index contributed by atoms with van der Waals surface area (Å²) in [6.45, 7) is 2.76. The van der Waals surface area contributed by atoms with Crippen LogP contribution in [0, 0.1) is 0 Å². The molecular formula is C21H24N2O3S. The summed E-state index contributed by atoms with van der Waals surface area (Å²) >= 11 is 1.60. The first-order chi connectivity index (χ1) is 13.3. The Morgan fingerprint density at radius 1 is 1.11 bits per heavy atom. The number of rotatable bonds is 5. The van der Waals surface area contributed by atoms with Gasteiger partial charge in [0, 0.05) is 35.8 Å². The molecule has 27 heavy (non-hydrogen) atoms. The third kappa shape index (κ3) is 4.69. The fraction of sp³-hybridized carbons (Fsp3) is 0.381. The van der Waals surface area contributed by atoms with Crippen LogP contribution in [0.15, 0.2) is 53.4 Å². The molecule has 142 valence electrons. The van der Waals surface area contributed by atoms with Crippen LogP contribution < -0.4 is 14.8 Å². The molecule has 6 heteroatoms. The second-order valence-electron chi connectivity index (χ2n) is 6.78. The first-order valence-electron chi connectivity index (χ1n) is 9.40. The Labute approximate surface area is 164 Å². The van der Waals surface area contributed by atoms with Crippen LogP contribution in [0.3, 0.4) is 0 Å². The standard InChI is InChI=1S/C21H24N2O3S/c24-21(15-27-18-6-2-1-3-7-18)23-10-4-5-17(14-23)22-16-8-9-19-20(13-16)26-12-11-25-19/h1-3,6-9,13,17,22H,4-5,10-12,14-15H2. The van der Waals surface area contributed by atoms with Crippen molar-refractivity contribution in [3.05, 3.63) is 48.5 Å². The van der Waals surface area contributed by atoms with Crippen LogP contribution in [0.2, 0.25) is 0 Å². The van der Waals surface area contributed by atoms with E-state index in [2.05, 4.69) is 5.32 Å². The van der Waals surface area contributed by atoms with Gasteiger partial charge in [0.05, 0.1) is 5.75 Å². The van der Waals surface area contributed by atoms with Crippen molar-refractivity contribution in [3.8, 4) is 11.5 Å². The Morgan fingerprint density at radius 2 is 1.93 bits per heavy atom. The number of anilines is 1. The Bertz CT molecular complexity index is 784. The van der Waals surface area contributed by atoms with Gasteiger partial charge >= 0.3 is 0 Å². The average molecular weight is 385 g/mol. The lowest BCUT2D eigenvalue weighted by molar-refractivity contribution is -0.129. The maximum Gasteiger partial charge on any atom is 0.233 e. The first kappa shape index (κ1) is 18.0. The molecule has 2 aliphatic rings. The highest BCUT2D eigenvalue weighted by Crippen LogP contribution is 2.33. The van der Waals surface area contributed by atoms with E-state index in [1.54, 1.807) is 11.8 Å². The van der Waals surface area contributed by atoms with E-state index >= 15 is 0 Å². The number of carbonyl (C=O) groups is 1. The van der Waals surface area contributed by atoms with Crippen LogP contribution in [0.1, 0.15) is 12.8 Å². The van der Waals surface area contributed by atoms with Gasteiger partial charge in [-0.2, -0.15) is 0 Å². The van der Waals surface area contributed by atoms with Crippen LogP contribution in [0.4, 0.5) is 5.69 Å². The minimum absolute atomic E-state index is 0.206. The first-order valence-corrected chi connectivity index (χ1v) is 10.4. The van der Waals surface area contributed by atoms with E-state index in [1.807, 2.05) is 53.4 Å². The van der Waals surface area contributed by atoms with E-state index in [0.717, 1.165) is 48.0 Å². The molecule has 2 aromatic carbocycles. The number of amides is 1. The highest BCUT2D eigenvalue weighted by atomic mass is 32.2. The summed E-state index contributed by atoms with van der Waals surface area (Å²) in [6, 6.07) is 16.3. The van der Waals surface area contributed by atoms with Crippen LogP contribution >= 0.6 is 11.8 Å². The second-order valence-corrected chi connectivity index (χ2v) is 7.83. The van der Waals surface area contributed by atoms with Crippen LogP contribution in [0.5, 0.6) is 11.5 Å². The molecule has 2 heterocycles. The molecule has 1 atom stereocenters. The second kappa shape index (κ2) is 8.57. The number of ether oxygens (including phenoxy) is 2.